The molecule has 2 aromatic carbocycles. The lowest BCUT2D eigenvalue weighted by atomic mass is 9.97. The van der Waals surface area contributed by atoms with Gasteiger partial charge in [-0.25, -0.2) is 4.79 Å². The number of aromatic nitrogens is 1. The molecule has 0 fully saturated rings. The minimum absolute atomic E-state index is 0.0665. The quantitative estimate of drug-likeness (QED) is 0.419. The molecular weight excluding hydrogens is 446 g/mol. The third kappa shape index (κ3) is 4.68. The number of carbonyl (C=O) groups is 4. The van der Waals surface area contributed by atoms with Gasteiger partial charge in [0.15, 0.2) is 0 Å². The van der Waals surface area contributed by atoms with Crippen molar-refractivity contribution in [2.45, 2.75) is 31.8 Å². The molecule has 0 aliphatic carbocycles. The first kappa shape index (κ1) is 23.8. The Balaban J connectivity index is 1.67. The number of ether oxygens (including phenoxy) is 1. The largest absolute Gasteiger partial charge is 0.465 e. The van der Waals surface area contributed by atoms with Crippen molar-refractivity contribution in [3.05, 3.63) is 101 Å². The standard InChI is InChI=1S/C27H25N3O5/c1-27(2,22-10-6-7-15-28-22)29-23(31)21(16-17-11-13-18(14-12-17)26(34)35-3)30-24(32)19-8-4-5-9-20(19)25(30)33/h4-15,21H,16H2,1-3H3,(H,29,31)/t21-/m0/s1. The van der Waals surface area contributed by atoms with E-state index in [-0.39, 0.29) is 17.5 Å². The summed E-state index contributed by atoms with van der Waals surface area (Å²) in [6.45, 7) is 3.61. The second kappa shape index (κ2) is 9.50. The van der Waals surface area contributed by atoms with Crippen LogP contribution in [0.15, 0.2) is 72.9 Å². The Morgan fingerprint density at radius 3 is 2.09 bits per heavy atom. The van der Waals surface area contributed by atoms with Crippen LogP contribution in [0.25, 0.3) is 0 Å². The zero-order valence-electron chi connectivity index (χ0n) is 19.6. The lowest BCUT2D eigenvalue weighted by Gasteiger charge is -2.31. The van der Waals surface area contributed by atoms with Gasteiger partial charge < -0.3 is 10.1 Å². The molecule has 3 amide bonds. The van der Waals surface area contributed by atoms with E-state index >= 15 is 0 Å². The monoisotopic (exact) mass is 471 g/mol. The summed E-state index contributed by atoms with van der Waals surface area (Å²) in [5, 5.41) is 2.95. The van der Waals surface area contributed by atoms with Gasteiger partial charge in [0.1, 0.15) is 6.04 Å². The number of benzene rings is 2. The first-order chi connectivity index (χ1) is 16.7. The molecule has 35 heavy (non-hydrogen) atoms. The number of fused-ring (bicyclic) bond motifs is 1. The van der Waals surface area contributed by atoms with Crippen molar-refractivity contribution in [3.63, 3.8) is 0 Å². The number of hydrogen-bond acceptors (Lipinski definition) is 6. The van der Waals surface area contributed by atoms with Crippen LogP contribution in [-0.2, 0) is 21.5 Å². The fourth-order valence-electron chi connectivity index (χ4n) is 4.10. The molecule has 1 aliphatic rings. The van der Waals surface area contributed by atoms with Crippen LogP contribution in [0.3, 0.4) is 0 Å². The maximum absolute atomic E-state index is 13.6. The topological polar surface area (TPSA) is 106 Å². The van der Waals surface area contributed by atoms with Crippen molar-refractivity contribution >= 4 is 23.7 Å². The molecule has 3 aromatic rings. The minimum Gasteiger partial charge on any atom is -0.465 e. The summed E-state index contributed by atoms with van der Waals surface area (Å²) in [7, 11) is 1.29. The summed E-state index contributed by atoms with van der Waals surface area (Å²) in [5.74, 6) is -2.02. The molecule has 8 heteroatoms. The van der Waals surface area contributed by atoms with Crippen molar-refractivity contribution in [2.24, 2.45) is 0 Å². The third-order valence-corrected chi connectivity index (χ3v) is 5.98. The molecule has 4 rings (SSSR count). The fourth-order valence-corrected chi connectivity index (χ4v) is 4.10. The number of hydrogen-bond donors (Lipinski definition) is 1. The molecular formula is C27H25N3O5. The molecule has 0 saturated heterocycles. The van der Waals surface area contributed by atoms with Gasteiger partial charge in [0.2, 0.25) is 5.91 Å². The smallest absolute Gasteiger partial charge is 0.337 e. The number of carbonyl (C=O) groups excluding carboxylic acids is 4. The van der Waals surface area contributed by atoms with Gasteiger partial charge in [0, 0.05) is 12.6 Å². The van der Waals surface area contributed by atoms with E-state index < -0.39 is 35.3 Å². The van der Waals surface area contributed by atoms with E-state index in [1.807, 2.05) is 6.07 Å². The number of esters is 1. The Bertz CT molecular complexity index is 1250. The van der Waals surface area contributed by atoms with Crippen LogP contribution in [0.1, 0.15) is 56.2 Å². The molecule has 178 valence electrons. The summed E-state index contributed by atoms with van der Waals surface area (Å²) in [6, 6.07) is 17.3. The van der Waals surface area contributed by atoms with Gasteiger partial charge in [-0.05, 0) is 55.8 Å². The highest BCUT2D eigenvalue weighted by Gasteiger charge is 2.43. The number of methoxy groups -OCH3 is 1. The molecule has 0 bridgehead atoms. The van der Waals surface area contributed by atoms with E-state index in [0.29, 0.717) is 16.8 Å². The van der Waals surface area contributed by atoms with E-state index in [0.717, 1.165) is 4.90 Å². The number of imide groups is 1. The number of pyridine rings is 1. The van der Waals surface area contributed by atoms with E-state index in [1.54, 1.807) is 80.7 Å². The van der Waals surface area contributed by atoms with Crippen LogP contribution in [0, 0.1) is 0 Å². The lowest BCUT2D eigenvalue weighted by molar-refractivity contribution is -0.126. The second-order valence-corrected chi connectivity index (χ2v) is 8.76. The van der Waals surface area contributed by atoms with Crippen LogP contribution in [-0.4, -0.2) is 46.7 Å². The molecule has 1 atom stereocenters. The van der Waals surface area contributed by atoms with E-state index in [1.165, 1.54) is 7.11 Å². The maximum Gasteiger partial charge on any atom is 0.337 e. The van der Waals surface area contributed by atoms with Gasteiger partial charge in [0.05, 0.1) is 35.0 Å². The molecule has 1 aliphatic heterocycles. The molecule has 0 unspecified atom stereocenters. The first-order valence-corrected chi connectivity index (χ1v) is 11.1. The average Bonchev–Trinajstić information content (AvgIpc) is 3.12. The zero-order chi connectivity index (χ0) is 25.2. The number of nitrogens with one attached hydrogen (secondary N) is 1. The van der Waals surface area contributed by atoms with Crippen molar-refractivity contribution < 1.29 is 23.9 Å². The maximum atomic E-state index is 13.6. The Labute approximate surface area is 202 Å². The van der Waals surface area contributed by atoms with Crippen molar-refractivity contribution in [2.75, 3.05) is 7.11 Å². The predicted octanol–water partition coefficient (Wildman–Crippen LogP) is 3.13. The molecule has 2 heterocycles. The van der Waals surface area contributed by atoms with Crippen molar-refractivity contribution in [1.82, 2.24) is 15.2 Å². The van der Waals surface area contributed by atoms with Crippen LogP contribution in [0.4, 0.5) is 0 Å². The molecule has 0 radical (unpaired) electrons. The average molecular weight is 472 g/mol. The Morgan fingerprint density at radius 2 is 1.54 bits per heavy atom. The van der Waals surface area contributed by atoms with Crippen molar-refractivity contribution in [3.8, 4) is 0 Å². The Hall–Kier alpha value is -4.33. The predicted molar refractivity (Wildman–Crippen MR) is 128 cm³/mol. The van der Waals surface area contributed by atoms with Gasteiger partial charge >= 0.3 is 5.97 Å². The molecule has 1 N–H and O–H groups in total. The zero-order valence-corrected chi connectivity index (χ0v) is 19.6. The highest BCUT2D eigenvalue weighted by atomic mass is 16.5. The molecule has 0 saturated carbocycles. The van der Waals surface area contributed by atoms with Crippen LogP contribution in [0.5, 0.6) is 0 Å². The highest BCUT2D eigenvalue weighted by molar-refractivity contribution is 6.22. The van der Waals surface area contributed by atoms with Gasteiger partial charge in [-0.1, -0.05) is 30.3 Å². The third-order valence-electron chi connectivity index (χ3n) is 5.98. The first-order valence-electron chi connectivity index (χ1n) is 11.1. The number of nitrogens with zero attached hydrogens (tertiary/aromatic N) is 2. The number of amides is 3. The molecule has 8 nitrogen and oxygen atoms in total. The van der Waals surface area contributed by atoms with Gasteiger partial charge in [-0.3, -0.25) is 24.3 Å². The normalized spacial score (nSPS) is 13.9. The highest BCUT2D eigenvalue weighted by Crippen LogP contribution is 2.27. The SMILES string of the molecule is COC(=O)c1ccc(C[C@@H](C(=O)NC(C)(C)c2ccccn2)N2C(=O)c3ccccc3C2=O)cc1. The summed E-state index contributed by atoms with van der Waals surface area (Å²) in [4.78, 5) is 57.2. The summed E-state index contributed by atoms with van der Waals surface area (Å²) < 4.78 is 4.73. The van der Waals surface area contributed by atoms with E-state index in [4.69, 9.17) is 4.74 Å². The second-order valence-electron chi connectivity index (χ2n) is 8.76. The van der Waals surface area contributed by atoms with E-state index in [2.05, 4.69) is 10.3 Å². The van der Waals surface area contributed by atoms with Crippen molar-refractivity contribution in [1.29, 1.82) is 0 Å². The van der Waals surface area contributed by atoms with Gasteiger partial charge in [-0.2, -0.15) is 0 Å². The van der Waals surface area contributed by atoms with Gasteiger partial charge in [-0.15, -0.1) is 0 Å². The summed E-state index contributed by atoms with van der Waals surface area (Å²) >= 11 is 0. The Kier molecular flexibility index (Phi) is 6.46. The number of rotatable bonds is 7. The molecule has 1 aromatic heterocycles. The fraction of sp³-hybridized carbons (Fsp3) is 0.222. The van der Waals surface area contributed by atoms with E-state index in [9.17, 15) is 19.2 Å². The summed E-state index contributed by atoms with van der Waals surface area (Å²) in [6.07, 6.45) is 1.70. The summed E-state index contributed by atoms with van der Waals surface area (Å²) in [5.41, 5.74) is 1.33. The Morgan fingerprint density at radius 1 is 0.943 bits per heavy atom. The lowest BCUT2D eigenvalue weighted by Crippen LogP contribution is -2.54. The van der Waals surface area contributed by atoms with Gasteiger partial charge in [0.25, 0.3) is 11.8 Å². The van der Waals surface area contributed by atoms with Crippen LogP contribution < -0.4 is 5.32 Å². The van der Waals surface area contributed by atoms with Crippen LogP contribution in [0.2, 0.25) is 0 Å². The molecule has 0 spiro atoms. The van der Waals surface area contributed by atoms with Crippen LogP contribution >= 0.6 is 0 Å². The minimum atomic E-state index is -1.12.